The molecule has 1 aromatic rings. The van der Waals surface area contributed by atoms with Crippen molar-refractivity contribution in [2.24, 2.45) is 5.92 Å². The predicted molar refractivity (Wildman–Crippen MR) is 141 cm³/mol. The van der Waals surface area contributed by atoms with Crippen LogP contribution < -0.4 is 21.3 Å². The van der Waals surface area contributed by atoms with Gasteiger partial charge in [0.05, 0.1) is 6.04 Å². The van der Waals surface area contributed by atoms with Crippen molar-refractivity contribution in [2.45, 2.75) is 77.7 Å². The second-order valence-corrected chi connectivity index (χ2v) is 10.6. The summed E-state index contributed by atoms with van der Waals surface area (Å²) in [6.07, 6.45) is 1.76. The van der Waals surface area contributed by atoms with E-state index in [0.717, 1.165) is 6.08 Å². The maximum absolute atomic E-state index is 13.0. The highest BCUT2D eigenvalue weighted by molar-refractivity contribution is 5.95. The molecule has 2 rings (SSSR count). The second kappa shape index (κ2) is 13.6. The van der Waals surface area contributed by atoms with Crippen LogP contribution in [0.2, 0.25) is 0 Å². The van der Waals surface area contributed by atoms with E-state index in [4.69, 9.17) is 9.47 Å². The molecule has 0 saturated carbocycles. The normalized spacial score (nSPS) is 22.2. The number of alkyl carbamates (subject to hydrolysis) is 1. The highest BCUT2D eigenvalue weighted by Crippen LogP contribution is 2.13. The minimum absolute atomic E-state index is 0.0485. The first-order valence-electron chi connectivity index (χ1n) is 12.7. The van der Waals surface area contributed by atoms with Crippen molar-refractivity contribution in [2.75, 3.05) is 6.61 Å². The summed E-state index contributed by atoms with van der Waals surface area (Å²) in [7, 11) is 0. The molecule has 0 fully saturated rings. The smallest absolute Gasteiger partial charge is 0.408 e. The fourth-order valence-electron chi connectivity index (χ4n) is 3.54. The van der Waals surface area contributed by atoms with E-state index in [1.165, 1.54) is 25.1 Å². The number of rotatable bonds is 6. The van der Waals surface area contributed by atoms with Crippen molar-refractivity contribution in [3.63, 3.8) is 0 Å². The van der Waals surface area contributed by atoms with Gasteiger partial charge in [0.2, 0.25) is 17.7 Å². The van der Waals surface area contributed by atoms with Crippen LogP contribution in [0.25, 0.3) is 0 Å². The molecule has 1 aromatic carbocycles. The first-order chi connectivity index (χ1) is 18.1. The summed E-state index contributed by atoms with van der Waals surface area (Å²) in [5.74, 6) is -2.74. The maximum atomic E-state index is 13.0. The standard InChI is InChI=1S/C27H38N4O8/c1-15(2)22-24(35)30-20(13-17-7-10-19(32)11-8-17)25(36)38-14-18(9-12-21(33)31-22)29-23(34)16(3)28-26(37)39-27(4,5)6/h7-12,15-16,18,20,22,32H,13-14H2,1-6H3,(H,28,37)(H,29,34)(H,30,35)(H,31,33)/b12-9-/t16-,18+,20-,22-/m0/s1. The first-order valence-corrected chi connectivity index (χ1v) is 12.7. The number of benzene rings is 1. The zero-order valence-electron chi connectivity index (χ0n) is 23.1. The number of aromatic hydroxyl groups is 1. The Morgan fingerprint density at radius 2 is 1.74 bits per heavy atom. The van der Waals surface area contributed by atoms with E-state index in [1.54, 1.807) is 46.8 Å². The lowest BCUT2D eigenvalue weighted by atomic mass is 10.0. The van der Waals surface area contributed by atoms with E-state index in [0.29, 0.717) is 5.56 Å². The van der Waals surface area contributed by atoms with Crippen molar-refractivity contribution in [1.82, 2.24) is 21.3 Å². The number of hydrogen-bond acceptors (Lipinski definition) is 8. The number of carbonyl (C=O) groups excluding carboxylic acids is 5. The number of cyclic esters (lactones) is 1. The summed E-state index contributed by atoms with van der Waals surface area (Å²) in [6, 6.07) is 2.17. The summed E-state index contributed by atoms with van der Waals surface area (Å²) >= 11 is 0. The Morgan fingerprint density at radius 3 is 2.33 bits per heavy atom. The molecule has 0 aliphatic carbocycles. The number of carbonyl (C=O) groups is 5. The van der Waals surface area contributed by atoms with E-state index >= 15 is 0 Å². The van der Waals surface area contributed by atoms with E-state index in [2.05, 4.69) is 21.3 Å². The van der Waals surface area contributed by atoms with Crippen LogP contribution in [-0.2, 0) is 35.1 Å². The van der Waals surface area contributed by atoms with E-state index in [-0.39, 0.29) is 24.7 Å². The van der Waals surface area contributed by atoms with Crippen molar-refractivity contribution < 1.29 is 38.6 Å². The fraction of sp³-hybridized carbons (Fsp3) is 0.519. The molecule has 1 aliphatic rings. The average molecular weight is 547 g/mol. The summed E-state index contributed by atoms with van der Waals surface area (Å²) in [5, 5.41) is 19.9. The van der Waals surface area contributed by atoms with Gasteiger partial charge < -0.3 is 35.8 Å². The van der Waals surface area contributed by atoms with Crippen LogP contribution in [0.15, 0.2) is 36.4 Å². The number of amides is 4. The number of phenolic OH excluding ortho intramolecular Hbond substituents is 1. The molecule has 12 nitrogen and oxygen atoms in total. The number of ether oxygens (including phenoxy) is 2. The van der Waals surface area contributed by atoms with Gasteiger partial charge >= 0.3 is 12.1 Å². The van der Waals surface area contributed by atoms with Crippen molar-refractivity contribution in [1.29, 1.82) is 0 Å². The molecule has 0 unspecified atom stereocenters. The van der Waals surface area contributed by atoms with Gasteiger partial charge in [-0.3, -0.25) is 14.4 Å². The molecule has 214 valence electrons. The monoisotopic (exact) mass is 546 g/mol. The van der Waals surface area contributed by atoms with Gasteiger partial charge in [0, 0.05) is 12.5 Å². The highest BCUT2D eigenvalue weighted by Gasteiger charge is 2.31. The number of hydrogen-bond donors (Lipinski definition) is 5. The van der Waals surface area contributed by atoms with E-state index in [1.807, 2.05) is 0 Å². The SMILES string of the molecule is CC(C)[C@@H]1NC(=O)/C=C\[C@@H](NC(=O)[C@H](C)NC(=O)OC(C)(C)C)COC(=O)[C@H](Cc2ccc(O)cc2)NC1=O. The van der Waals surface area contributed by atoms with Crippen LogP contribution >= 0.6 is 0 Å². The van der Waals surface area contributed by atoms with Crippen LogP contribution in [0.4, 0.5) is 4.79 Å². The van der Waals surface area contributed by atoms with Crippen molar-refractivity contribution in [3.8, 4) is 5.75 Å². The molecular formula is C27H38N4O8. The van der Waals surface area contributed by atoms with E-state index in [9.17, 15) is 29.1 Å². The molecule has 0 radical (unpaired) electrons. The molecule has 12 heteroatoms. The number of esters is 1. The Kier molecular flexibility index (Phi) is 10.9. The summed E-state index contributed by atoms with van der Waals surface area (Å²) < 4.78 is 10.6. The molecule has 0 saturated heterocycles. The molecule has 0 aromatic heterocycles. The van der Waals surface area contributed by atoms with Crippen molar-refractivity contribution >= 4 is 29.8 Å². The molecule has 39 heavy (non-hydrogen) atoms. The minimum atomic E-state index is -1.10. The Morgan fingerprint density at radius 1 is 1.10 bits per heavy atom. The molecule has 4 atom stereocenters. The van der Waals surface area contributed by atoms with Crippen LogP contribution in [0.3, 0.4) is 0 Å². The third-order valence-electron chi connectivity index (χ3n) is 5.56. The Bertz CT molecular complexity index is 1080. The molecule has 4 amide bonds. The van der Waals surface area contributed by atoms with Crippen LogP contribution in [-0.4, -0.2) is 71.3 Å². The summed E-state index contributed by atoms with van der Waals surface area (Å²) in [6.45, 7) is 9.66. The van der Waals surface area contributed by atoms with Gasteiger partial charge in [0.15, 0.2) is 0 Å². The van der Waals surface area contributed by atoms with Gasteiger partial charge in [-0.25, -0.2) is 9.59 Å². The predicted octanol–water partition coefficient (Wildman–Crippen LogP) is 1.07. The molecule has 0 bridgehead atoms. The Labute approximate surface area is 227 Å². The van der Waals surface area contributed by atoms with Crippen LogP contribution in [0.1, 0.15) is 47.1 Å². The lowest BCUT2D eigenvalue weighted by molar-refractivity contribution is -0.149. The Hall–Kier alpha value is -4.09. The lowest BCUT2D eigenvalue weighted by Gasteiger charge is -2.26. The van der Waals surface area contributed by atoms with Gasteiger partial charge in [-0.2, -0.15) is 0 Å². The highest BCUT2D eigenvalue weighted by atomic mass is 16.6. The van der Waals surface area contributed by atoms with Gasteiger partial charge in [-0.05, 0) is 51.3 Å². The molecule has 1 aliphatic heterocycles. The quantitative estimate of drug-likeness (QED) is 0.330. The topological polar surface area (TPSA) is 172 Å². The number of nitrogens with one attached hydrogen (secondary N) is 4. The van der Waals surface area contributed by atoms with Crippen LogP contribution in [0, 0.1) is 5.92 Å². The van der Waals surface area contributed by atoms with Gasteiger partial charge in [0.1, 0.15) is 36.1 Å². The van der Waals surface area contributed by atoms with Crippen molar-refractivity contribution in [3.05, 3.63) is 42.0 Å². The Balaban J connectivity index is 2.22. The molecule has 0 spiro atoms. The zero-order chi connectivity index (χ0) is 29.3. The zero-order valence-corrected chi connectivity index (χ0v) is 23.1. The number of phenols is 1. The van der Waals surface area contributed by atoms with Gasteiger partial charge in [-0.1, -0.05) is 32.1 Å². The lowest BCUT2D eigenvalue weighted by Crippen LogP contribution is -2.55. The maximum Gasteiger partial charge on any atom is 0.408 e. The van der Waals surface area contributed by atoms with Gasteiger partial charge in [-0.15, -0.1) is 0 Å². The first kappa shape index (κ1) is 31.1. The van der Waals surface area contributed by atoms with Gasteiger partial charge in [0.25, 0.3) is 0 Å². The largest absolute Gasteiger partial charge is 0.508 e. The molecular weight excluding hydrogens is 508 g/mol. The van der Waals surface area contributed by atoms with E-state index < -0.39 is 59.6 Å². The molecule has 5 N–H and O–H groups in total. The molecule has 1 heterocycles. The third kappa shape index (κ3) is 10.7. The van der Waals surface area contributed by atoms with Crippen LogP contribution in [0.5, 0.6) is 5.75 Å². The average Bonchev–Trinajstić information content (AvgIpc) is 2.82. The third-order valence-corrected chi connectivity index (χ3v) is 5.56. The summed E-state index contributed by atoms with van der Waals surface area (Å²) in [4.78, 5) is 63.4. The second-order valence-electron chi connectivity index (χ2n) is 10.6. The summed E-state index contributed by atoms with van der Waals surface area (Å²) in [5.41, 5.74) is -0.100. The minimum Gasteiger partial charge on any atom is -0.508 e. The fourth-order valence-corrected chi connectivity index (χ4v) is 3.54.